The van der Waals surface area contributed by atoms with Crippen LogP contribution < -0.4 is 0 Å². The molecule has 0 unspecified atom stereocenters. The van der Waals surface area contributed by atoms with Gasteiger partial charge in [-0.05, 0) is 12.2 Å². The van der Waals surface area contributed by atoms with Crippen molar-refractivity contribution >= 4 is 0 Å². The highest BCUT2D eigenvalue weighted by molar-refractivity contribution is 5.18. The van der Waals surface area contributed by atoms with E-state index in [9.17, 15) is 0 Å². The Kier molecular flexibility index (Phi) is 3.71. The molecule has 0 aromatic heterocycles. The number of ether oxygens (including phenoxy) is 3. The van der Waals surface area contributed by atoms with Gasteiger partial charge in [0.15, 0.2) is 0 Å². The molecule has 2 rings (SSSR count). The lowest BCUT2D eigenvalue weighted by atomic mass is 10.2. The van der Waals surface area contributed by atoms with Crippen LogP contribution in [-0.4, -0.2) is 63.3 Å². The van der Waals surface area contributed by atoms with Crippen molar-refractivity contribution in [2.75, 3.05) is 47.6 Å². The van der Waals surface area contributed by atoms with Crippen LogP contribution in [0.25, 0.3) is 0 Å². The second kappa shape index (κ2) is 5.08. The summed E-state index contributed by atoms with van der Waals surface area (Å²) < 4.78 is 16.2. The Morgan fingerprint density at radius 3 is 2.53 bits per heavy atom. The lowest BCUT2D eigenvalue weighted by Crippen LogP contribution is -2.53. The average molecular weight is 239 g/mol. The van der Waals surface area contributed by atoms with Gasteiger partial charge in [-0.1, -0.05) is 0 Å². The molecule has 95 valence electrons. The van der Waals surface area contributed by atoms with Gasteiger partial charge in [-0.3, -0.25) is 0 Å². The number of rotatable bonds is 3. The van der Waals surface area contributed by atoms with E-state index in [-0.39, 0.29) is 0 Å². The summed E-state index contributed by atoms with van der Waals surface area (Å²) >= 11 is 0. The zero-order chi connectivity index (χ0) is 12.3. The molecule has 17 heavy (non-hydrogen) atoms. The fourth-order valence-corrected chi connectivity index (χ4v) is 2.17. The zero-order valence-electron chi connectivity index (χ0n) is 10.6. The molecule has 0 atom stereocenters. The summed E-state index contributed by atoms with van der Waals surface area (Å²) in [5.41, 5.74) is 0. The average Bonchev–Trinajstić information content (AvgIpc) is 2.40. The smallest absolute Gasteiger partial charge is 0.281 e. The van der Waals surface area contributed by atoms with E-state index >= 15 is 0 Å². The number of methoxy groups -OCH3 is 2. The Bertz CT molecular complexity index is 318. The monoisotopic (exact) mass is 239 g/mol. The molecule has 0 aromatic carbocycles. The Morgan fingerprint density at radius 2 is 1.94 bits per heavy atom. The minimum atomic E-state index is -0.928. The normalized spacial score (nSPS) is 23.8. The van der Waals surface area contributed by atoms with Crippen LogP contribution in [0.3, 0.4) is 0 Å². The minimum absolute atomic E-state index is 0.756. The van der Waals surface area contributed by atoms with Gasteiger partial charge in [0, 0.05) is 40.4 Å². The van der Waals surface area contributed by atoms with Crippen molar-refractivity contribution in [3.8, 4) is 0 Å². The Morgan fingerprint density at radius 1 is 1.29 bits per heavy atom. The standard InChI is InChI=1S/C12H19N2O3/c1-13-11(14-7-9-17-10-8-14)5-4-6-12(13,15-2)16-3/h4-5H,7-10H2,1-3H3. The van der Waals surface area contributed by atoms with Crippen molar-refractivity contribution in [2.45, 2.75) is 5.91 Å². The molecule has 0 spiro atoms. The maximum absolute atomic E-state index is 5.42. The summed E-state index contributed by atoms with van der Waals surface area (Å²) in [6, 6.07) is 0. The van der Waals surface area contributed by atoms with E-state index in [1.165, 1.54) is 0 Å². The second-order valence-electron chi connectivity index (χ2n) is 3.98. The van der Waals surface area contributed by atoms with Crippen molar-refractivity contribution < 1.29 is 14.2 Å². The van der Waals surface area contributed by atoms with Crippen LogP contribution in [0.5, 0.6) is 0 Å². The predicted molar refractivity (Wildman–Crippen MR) is 62.8 cm³/mol. The molecule has 2 aliphatic heterocycles. The molecule has 1 radical (unpaired) electrons. The molecule has 5 heteroatoms. The number of allylic oxidation sites excluding steroid dienone is 2. The molecule has 0 bridgehead atoms. The van der Waals surface area contributed by atoms with Gasteiger partial charge >= 0.3 is 0 Å². The van der Waals surface area contributed by atoms with Crippen LogP contribution in [-0.2, 0) is 14.2 Å². The zero-order valence-corrected chi connectivity index (χ0v) is 10.6. The molecule has 0 saturated carbocycles. The molecular formula is C12H19N2O3. The van der Waals surface area contributed by atoms with Crippen LogP contribution in [0.1, 0.15) is 0 Å². The molecule has 1 fully saturated rings. The van der Waals surface area contributed by atoms with E-state index in [1.54, 1.807) is 14.2 Å². The van der Waals surface area contributed by atoms with E-state index in [2.05, 4.69) is 11.0 Å². The Labute approximate surface area is 102 Å². The van der Waals surface area contributed by atoms with E-state index in [4.69, 9.17) is 14.2 Å². The Balaban J connectivity index is 2.17. The van der Waals surface area contributed by atoms with Crippen molar-refractivity contribution in [1.82, 2.24) is 9.80 Å². The van der Waals surface area contributed by atoms with Crippen LogP contribution in [0, 0.1) is 6.08 Å². The van der Waals surface area contributed by atoms with Crippen LogP contribution in [0.4, 0.5) is 0 Å². The van der Waals surface area contributed by atoms with Crippen LogP contribution in [0.2, 0.25) is 0 Å². The SMILES string of the molecule is COC1(OC)[C]=CC=C(N2CCOCC2)N1C. The topological polar surface area (TPSA) is 34.2 Å². The summed E-state index contributed by atoms with van der Waals surface area (Å²) in [6.45, 7) is 3.28. The number of nitrogens with zero attached hydrogens (tertiary/aromatic N) is 2. The summed E-state index contributed by atoms with van der Waals surface area (Å²) in [7, 11) is 5.17. The summed E-state index contributed by atoms with van der Waals surface area (Å²) in [5.74, 6) is 0.137. The third-order valence-corrected chi connectivity index (χ3v) is 3.17. The summed E-state index contributed by atoms with van der Waals surface area (Å²) in [4.78, 5) is 4.20. The lowest BCUT2D eigenvalue weighted by Gasteiger charge is -2.44. The van der Waals surface area contributed by atoms with Gasteiger partial charge in [0.05, 0.1) is 13.2 Å². The van der Waals surface area contributed by atoms with Crippen LogP contribution in [0.15, 0.2) is 18.0 Å². The number of hydrogen-bond donors (Lipinski definition) is 0. The molecule has 1 saturated heterocycles. The Hall–Kier alpha value is -1.04. The molecule has 2 aliphatic rings. The first kappa shape index (κ1) is 12.4. The van der Waals surface area contributed by atoms with Gasteiger partial charge in [0.25, 0.3) is 5.91 Å². The van der Waals surface area contributed by atoms with Gasteiger partial charge in [-0.25, -0.2) is 0 Å². The van der Waals surface area contributed by atoms with Crippen molar-refractivity contribution in [3.63, 3.8) is 0 Å². The first-order chi connectivity index (χ1) is 8.23. The highest BCUT2D eigenvalue weighted by Crippen LogP contribution is 2.27. The fourth-order valence-electron chi connectivity index (χ4n) is 2.17. The maximum atomic E-state index is 5.42. The van der Waals surface area contributed by atoms with Crippen molar-refractivity contribution in [1.29, 1.82) is 0 Å². The molecule has 0 N–H and O–H groups in total. The summed E-state index contributed by atoms with van der Waals surface area (Å²) in [5, 5.41) is 0. The van der Waals surface area contributed by atoms with E-state index in [0.29, 0.717) is 0 Å². The third-order valence-electron chi connectivity index (χ3n) is 3.17. The van der Waals surface area contributed by atoms with Crippen molar-refractivity contribution in [3.05, 3.63) is 24.0 Å². The maximum Gasteiger partial charge on any atom is 0.281 e. The first-order valence-corrected chi connectivity index (χ1v) is 5.71. The van der Waals surface area contributed by atoms with Gasteiger partial charge in [0.2, 0.25) is 0 Å². The largest absolute Gasteiger partial charge is 0.378 e. The molecule has 0 aliphatic carbocycles. The highest BCUT2D eigenvalue weighted by atomic mass is 16.7. The quantitative estimate of drug-likeness (QED) is 0.666. The third kappa shape index (κ3) is 2.18. The number of morpholine rings is 1. The minimum Gasteiger partial charge on any atom is -0.378 e. The molecular weight excluding hydrogens is 220 g/mol. The van der Waals surface area contributed by atoms with Gasteiger partial charge in [-0.15, -0.1) is 0 Å². The van der Waals surface area contributed by atoms with Crippen LogP contribution >= 0.6 is 0 Å². The van der Waals surface area contributed by atoms with E-state index < -0.39 is 5.91 Å². The summed E-state index contributed by atoms with van der Waals surface area (Å²) in [6.07, 6.45) is 6.93. The van der Waals surface area contributed by atoms with E-state index in [0.717, 1.165) is 32.1 Å². The molecule has 0 aromatic rings. The highest BCUT2D eigenvalue weighted by Gasteiger charge is 2.37. The number of hydrogen-bond acceptors (Lipinski definition) is 5. The van der Waals surface area contributed by atoms with E-state index in [1.807, 2.05) is 24.1 Å². The fraction of sp³-hybridized carbons (Fsp3) is 0.667. The lowest BCUT2D eigenvalue weighted by molar-refractivity contribution is -0.257. The number of likely N-dealkylation sites (N-methyl/N-ethyl adjacent to an activating group) is 1. The first-order valence-electron chi connectivity index (χ1n) is 5.71. The van der Waals surface area contributed by atoms with Gasteiger partial charge < -0.3 is 24.0 Å². The second-order valence-corrected chi connectivity index (χ2v) is 3.98. The molecule has 5 nitrogen and oxygen atoms in total. The molecule has 2 heterocycles. The van der Waals surface area contributed by atoms with Gasteiger partial charge in [0.1, 0.15) is 5.82 Å². The predicted octanol–water partition coefficient (Wildman–Crippen LogP) is 0.411. The van der Waals surface area contributed by atoms with Gasteiger partial charge in [-0.2, -0.15) is 0 Å². The van der Waals surface area contributed by atoms with Crippen molar-refractivity contribution in [2.24, 2.45) is 0 Å². The molecule has 0 amide bonds.